The van der Waals surface area contributed by atoms with Crippen molar-refractivity contribution in [3.8, 4) is 5.75 Å². The lowest BCUT2D eigenvalue weighted by atomic mass is 10.2. The number of carbonyl (C=O) groups excluding carboxylic acids is 1. The molecule has 0 saturated heterocycles. The number of rotatable bonds is 4. The number of nitrogen functional groups attached to an aromatic ring is 1. The predicted molar refractivity (Wildman–Crippen MR) is 55.3 cm³/mol. The van der Waals surface area contributed by atoms with Gasteiger partial charge in [-0.25, -0.2) is 9.59 Å². The Labute approximate surface area is 91.6 Å². The van der Waals surface area contributed by atoms with Gasteiger partial charge in [-0.15, -0.1) is 0 Å². The minimum absolute atomic E-state index is 0.0397. The largest absolute Gasteiger partial charge is 0.481 e. The maximum atomic E-state index is 10.8. The Bertz CT molecular complexity index is 416. The van der Waals surface area contributed by atoms with Gasteiger partial charge in [0.1, 0.15) is 11.3 Å². The highest BCUT2D eigenvalue weighted by Gasteiger charge is 2.12. The quantitative estimate of drug-likeness (QED) is 0.572. The summed E-state index contributed by atoms with van der Waals surface area (Å²) in [6.45, 7) is -0.361. The molecule has 6 heteroatoms. The van der Waals surface area contributed by atoms with Crippen molar-refractivity contribution in [1.82, 2.24) is 0 Å². The van der Waals surface area contributed by atoms with E-state index in [0.717, 1.165) is 0 Å². The zero-order valence-electron chi connectivity index (χ0n) is 8.60. The van der Waals surface area contributed by atoms with Crippen molar-refractivity contribution in [2.24, 2.45) is 0 Å². The molecule has 0 radical (unpaired) electrons. The van der Waals surface area contributed by atoms with E-state index in [0.29, 0.717) is 5.69 Å². The number of carboxylic acid groups (broad SMARTS) is 1. The van der Waals surface area contributed by atoms with Crippen LogP contribution in [0.3, 0.4) is 0 Å². The van der Waals surface area contributed by atoms with Crippen molar-refractivity contribution in [2.45, 2.75) is 0 Å². The lowest BCUT2D eigenvalue weighted by Crippen LogP contribution is -2.14. The Balaban J connectivity index is 2.88. The first-order chi connectivity index (χ1) is 7.54. The van der Waals surface area contributed by atoms with Gasteiger partial charge in [0.15, 0.2) is 6.61 Å². The maximum Gasteiger partial charge on any atom is 0.343 e. The maximum absolute atomic E-state index is 10.8. The van der Waals surface area contributed by atoms with E-state index in [4.69, 9.17) is 15.6 Å². The number of carboxylic acids is 1. The minimum atomic E-state index is -1.15. The molecule has 3 N–H and O–H groups in total. The topological polar surface area (TPSA) is 98.9 Å². The molecule has 0 unspecified atom stereocenters. The third-order valence-corrected chi connectivity index (χ3v) is 1.81. The van der Waals surface area contributed by atoms with Crippen LogP contribution in [0.4, 0.5) is 5.69 Å². The number of carbonyl (C=O) groups is 2. The molecule has 0 fully saturated rings. The van der Waals surface area contributed by atoms with E-state index in [2.05, 4.69) is 4.74 Å². The molecule has 0 aliphatic heterocycles. The van der Waals surface area contributed by atoms with Crippen LogP contribution in [-0.2, 0) is 9.53 Å². The number of hydrogen-bond donors (Lipinski definition) is 2. The highest BCUT2D eigenvalue weighted by Crippen LogP contribution is 2.21. The number of benzene rings is 1. The highest BCUT2D eigenvalue weighted by molar-refractivity contribution is 5.91. The molecule has 0 bridgehead atoms. The van der Waals surface area contributed by atoms with Gasteiger partial charge in [0.25, 0.3) is 0 Å². The Morgan fingerprint density at radius 2 is 2.12 bits per heavy atom. The standard InChI is InChI=1S/C10H11NO5/c1-15-9(12)5-16-8-4-6(11)2-3-7(8)10(13)14/h2-4H,5,11H2,1H3,(H,13,14). The number of methoxy groups -OCH3 is 1. The first-order valence-electron chi connectivity index (χ1n) is 4.37. The second-order valence-electron chi connectivity index (χ2n) is 2.93. The number of aromatic carboxylic acids is 1. The van der Waals surface area contributed by atoms with E-state index in [-0.39, 0.29) is 17.9 Å². The van der Waals surface area contributed by atoms with Gasteiger partial charge in [-0.05, 0) is 12.1 Å². The van der Waals surface area contributed by atoms with Crippen molar-refractivity contribution in [1.29, 1.82) is 0 Å². The van der Waals surface area contributed by atoms with E-state index in [1.54, 1.807) is 0 Å². The zero-order valence-corrected chi connectivity index (χ0v) is 8.60. The van der Waals surface area contributed by atoms with Gasteiger partial charge in [-0.2, -0.15) is 0 Å². The molecule has 0 aromatic heterocycles. The molecular formula is C10H11NO5. The van der Waals surface area contributed by atoms with Gasteiger partial charge in [0.05, 0.1) is 7.11 Å². The summed E-state index contributed by atoms with van der Waals surface area (Å²) >= 11 is 0. The molecule has 16 heavy (non-hydrogen) atoms. The summed E-state index contributed by atoms with van der Waals surface area (Å²) in [7, 11) is 1.21. The molecule has 86 valence electrons. The van der Waals surface area contributed by atoms with Crippen LogP contribution in [-0.4, -0.2) is 30.8 Å². The van der Waals surface area contributed by atoms with Crippen LogP contribution in [0, 0.1) is 0 Å². The molecule has 1 aromatic carbocycles. The van der Waals surface area contributed by atoms with Gasteiger partial charge in [-0.1, -0.05) is 0 Å². The van der Waals surface area contributed by atoms with Crippen LogP contribution in [0.2, 0.25) is 0 Å². The van der Waals surface area contributed by atoms with E-state index in [1.165, 1.54) is 25.3 Å². The lowest BCUT2D eigenvalue weighted by molar-refractivity contribution is -0.142. The predicted octanol–water partition coefficient (Wildman–Crippen LogP) is 0.519. The zero-order chi connectivity index (χ0) is 12.1. The molecule has 1 aromatic rings. The van der Waals surface area contributed by atoms with Gasteiger partial charge in [0, 0.05) is 11.8 Å². The Morgan fingerprint density at radius 3 is 2.69 bits per heavy atom. The van der Waals surface area contributed by atoms with E-state index in [9.17, 15) is 9.59 Å². The molecule has 6 nitrogen and oxygen atoms in total. The Kier molecular flexibility index (Phi) is 3.71. The number of nitrogens with two attached hydrogens (primary N) is 1. The van der Waals surface area contributed by atoms with Crippen molar-refractivity contribution >= 4 is 17.6 Å². The first kappa shape index (κ1) is 11.8. The van der Waals surface area contributed by atoms with Crippen LogP contribution >= 0.6 is 0 Å². The van der Waals surface area contributed by atoms with Crippen LogP contribution in [0.15, 0.2) is 18.2 Å². The lowest BCUT2D eigenvalue weighted by Gasteiger charge is -2.08. The summed E-state index contributed by atoms with van der Waals surface area (Å²) in [5, 5.41) is 8.84. The molecule has 0 spiro atoms. The molecule has 0 aliphatic carbocycles. The fourth-order valence-corrected chi connectivity index (χ4v) is 1.03. The summed E-state index contributed by atoms with van der Waals surface area (Å²) in [5.74, 6) is -1.71. The normalized spacial score (nSPS) is 9.56. The minimum Gasteiger partial charge on any atom is -0.481 e. The van der Waals surface area contributed by atoms with Gasteiger partial charge < -0.3 is 20.3 Å². The molecule has 0 aliphatic rings. The average molecular weight is 225 g/mol. The summed E-state index contributed by atoms with van der Waals surface area (Å²) < 4.78 is 9.36. The fraction of sp³-hybridized carbons (Fsp3) is 0.200. The van der Waals surface area contributed by atoms with E-state index >= 15 is 0 Å². The first-order valence-corrected chi connectivity index (χ1v) is 4.37. The third-order valence-electron chi connectivity index (χ3n) is 1.81. The van der Waals surface area contributed by atoms with Gasteiger partial charge >= 0.3 is 11.9 Å². The van der Waals surface area contributed by atoms with Crippen LogP contribution in [0.5, 0.6) is 5.75 Å². The molecule has 0 amide bonds. The van der Waals surface area contributed by atoms with Crippen LogP contribution < -0.4 is 10.5 Å². The third kappa shape index (κ3) is 2.88. The van der Waals surface area contributed by atoms with Crippen LogP contribution in [0.1, 0.15) is 10.4 Å². The van der Waals surface area contributed by atoms with Gasteiger partial charge in [-0.3, -0.25) is 0 Å². The van der Waals surface area contributed by atoms with Crippen LogP contribution in [0.25, 0.3) is 0 Å². The number of anilines is 1. The number of esters is 1. The molecule has 0 heterocycles. The van der Waals surface area contributed by atoms with Crippen molar-refractivity contribution in [2.75, 3.05) is 19.5 Å². The average Bonchev–Trinajstić information content (AvgIpc) is 2.25. The Morgan fingerprint density at radius 1 is 1.44 bits per heavy atom. The van der Waals surface area contributed by atoms with Crippen molar-refractivity contribution in [3.63, 3.8) is 0 Å². The highest BCUT2D eigenvalue weighted by atomic mass is 16.6. The molecular weight excluding hydrogens is 214 g/mol. The SMILES string of the molecule is COC(=O)COc1cc(N)ccc1C(=O)O. The monoisotopic (exact) mass is 225 g/mol. The fourth-order valence-electron chi connectivity index (χ4n) is 1.03. The number of hydrogen-bond acceptors (Lipinski definition) is 5. The van der Waals surface area contributed by atoms with E-state index in [1.807, 2.05) is 0 Å². The Hall–Kier alpha value is -2.24. The van der Waals surface area contributed by atoms with Gasteiger partial charge in [0.2, 0.25) is 0 Å². The summed E-state index contributed by atoms with van der Waals surface area (Å²) in [6.07, 6.45) is 0. The second kappa shape index (κ2) is 5.01. The second-order valence-corrected chi connectivity index (χ2v) is 2.93. The summed E-state index contributed by atoms with van der Waals surface area (Å²) in [4.78, 5) is 21.6. The smallest absolute Gasteiger partial charge is 0.343 e. The molecule has 1 rings (SSSR count). The molecule has 0 saturated carbocycles. The number of ether oxygens (including phenoxy) is 2. The van der Waals surface area contributed by atoms with Crippen molar-refractivity contribution < 1.29 is 24.2 Å². The summed E-state index contributed by atoms with van der Waals surface area (Å²) in [6, 6.07) is 4.09. The van der Waals surface area contributed by atoms with Crippen molar-refractivity contribution in [3.05, 3.63) is 23.8 Å². The summed E-state index contributed by atoms with van der Waals surface area (Å²) in [5.41, 5.74) is 5.77. The van der Waals surface area contributed by atoms with E-state index < -0.39 is 11.9 Å². The molecule has 0 atom stereocenters.